The van der Waals surface area contributed by atoms with Crippen LogP contribution in [-0.4, -0.2) is 23.1 Å². The van der Waals surface area contributed by atoms with E-state index in [1.165, 1.54) is 37.7 Å². The number of imidazole rings is 1. The van der Waals surface area contributed by atoms with Crippen molar-refractivity contribution in [1.29, 1.82) is 0 Å². The Kier molecular flexibility index (Phi) is 8.03. The molecule has 216 valence electrons. The Labute approximate surface area is 255 Å². The van der Waals surface area contributed by atoms with E-state index in [9.17, 15) is 13.5 Å². The lowest BCUT2D eigenvalue weighted by molar-refractivity contribution is 0.392. The van der Waals surface area contributed by atoms with Gasteiger partial charge in [0.25, 0.3) is 0 Å². The number of allylic oxidation sites excluding steroid dienone is 1. The van der Waals surface area contributed by atoms with Gasteiger partial charge in [-0.05, 0) is 66.3 Å². The molecule has 0 amide bonds. The summed E-state index contributed by atoms with van der Waals surface area (Å²) in [6.45, 7) is 0. The largest absolute Gasteiger partial charge is 0.493 e. The van der Waals surface area contributed by atoms with E-state index in [2.05, 4.69) is 41.1 Å². The zero-order chi connectivity index (χ0) is 29.3. The smallest absolute Gasteiger partial charge is 0.330 e. The highest BCUT2D eigenvalue weighted by Crippen LogP contribution is 2.33. The molecule has 0 bridgehead atoms. The number of hydrogen-bond donors (Lipinski definition) is 2. The quantitative estimate of drug-likeness (QED) is 0.219. The SMILES string of the molecule is O=S1(=O)NC(O)=CN1c1cccc(-n2cc(-c3ccc(Cl)cc3Cl)nc2Cc2ccc(C=CC3CCCCC3)cc2)c1. The van der Waals surface area contributed by atoms with Crippen LogP contribution in [0.15, 0.2) is 91.1 Å². The molecule has 0 saturated heterocycles. The summed E-state index contributed by atoms with van der Waals surface area (Å²) in [5, 5.41) is 10.8. The molecule has 6 rings (SSSR count). The van der Waals surface area contributed by atoms with Crippen LogP contribution in [0.2, 0.25) is 10.0 Å². The van der Waals surface area contributed by atoms with Gasteiger partial charge in [-0.15, -0.1) is 0 Å². The molecule has 2 N–H and O–H groups in total. The Balaban J connectivity index is 1.34. The average molecular weight is 622 g/mol. The molecule has 7 nitrogen and oxygen atoms in total. The number of benzene rings is 3. The van der Waals surface area contributed by atoms with Gasteiger partial charge in [-0.1, -0.05) is 84.9 Å². The van der Waals surface area contributed by atoms with E-state index in [4.69, 9.17) is 28.2 Å². The van der Waals surface area contributed by atoms with Gasteiger partial charge in [0.1, 0.15) is 5.82 Å². The van der Waals surface area contributed by atoms with E-state index < -0.39 is 16.1 Å². The third-order valence-corrected chi connectivity index (χ3v) is 9.48. The molecule has 2 aliphatic rings. The molecule has 1 saturated carbocycles. The fourth-order valence-corrected chi connectivity index (χ4v) is 7.03. The van der Waals surface area contributed by atoms with Gasteiger partial charge >= 0.3 is 10.2 Å². The first-order valence-electron chi connectivity index (χ1n) is 13.9. The Hall–Kier alpha value is -3.72. The molecule has 42 heavy (non-hydrogen) atoms. The number of hydrogen-bond acceptors (Lipinski definition) is 4. The monoisotopic (exact) mass is 620 g/mol. The first kappa shape index (κ1) is 28.4. The van der Waals surface area contributed by atoms with Gasteiger partial charge < -0.3 is 9.67 Å². The number of rotatable bonds is 7. The van der Waals surface area contributed by atoms with Crippen LogP contribution in [0, 0.1) is 5.92 Å². The van der Waals surface area contributed by atoms with Crippen LogP contribution in [0.4, 0.5) is 5.69 Å². The minimum absolute atomic E-state index is 0.365. The predicted octanol–water partition coefficient (Wildman–Crippen LogP) is 8.04. The van der Waals surface area contributed by atoms with Crippen molar-refractivity contribution in [2.75, 3.05) is 4.31 Å². The normalized spacial score (nSPS) is 17.0. The van der Waals surface area contributed by atoms with Crippen molar-refractivity contribution in [2.45, 2.75) is 38.5 Å². The molecule has 10 heteroatoms. The number of halogens is 2. The number of aliphatic hydroxyl groups is 1. The van der Waals surface area contributed by atoms with E-state index >= 15 is 0 Å². The summed E-state index contributed by atoms with van der Waals surface area (Å²) < 4.78 is 30.0. The summed E-state index contributed by atoms with van der Waals surface area (Å²) in [4.78, 5) is 4.96. The predicted molar refractivity (Wildman–Crippen MR) is 169 cm³/mol. The maximum absolute atomic E-state index is 12.5. The fraction of sp³-hybridized carbons (Fsp3) is 0.219. The van der Waals surface area contributed by atoms with Crippen molar-refractivity contribution in [2.24, 2.45) is 5.92 Å². The van der Waals surface area contributed by atoms with E-state index in [1.807, 2.05) is 22.9 Å². The van der Waals surface area contributed by atoms with Crippen LogP contribution in [0.25, 0.3) is 23.0 Å². The molecule has 4 aromatic rings. The number of aromatic nitrogens is 2. The highest BCUT2D eigenvalue weighted by atomic mass is 35.5. The van der Waals surface area contributed by atoms with E-state index in [-0.39, 0.29) is 0 Å². The molecular weight excluding hydrogens is 591 g/mol. The van der Waals surface area contributed by atoms with Crippen LogP contribution in [0.5, 0.6) is 0 Å². The standard InChI is InChI=1S/C32H30Cl2N4O3S/c33-25-15-16-28(29(34)18-25)30-20-37(26-7-4-8-27(19-26)38-21-32(39)36-42(38,40)41)31(35-30)17-24-13-11-23(12-14-24)10-9-22-5-2-1-3-6-22/h4,7-16,18-22,36,39H,1-3,5-6,17H2. The molecule has 0 radical (unpaired) electrons. The van der Waals surface area contributed by atoms with Gasteiger partial charge in [-0.3, -0.25) is 0 Å². The van der Waals surface area contributed by atoms with Crippen LogP contribution < -0.4 is 9.03 Å². The highest BCUT2D eigenvalue weighted by molar-refractivity contribution is 7.91. The lowest BCUT2D eigenvalue weighted by Gasteiger charge is -2.17. The van der Waals surface area contributed by atoms with Gasteiger partial charge in [-0.25, -0.2) is 14.0 Å². The zero-order valence-corrected chi connectivity index (χ0v) is 25.1. The van der Waals surface area contributed by atoms with Crippen molar-refractivity contribution in [1.82, 2.24) is 14.3 Å². The third kappa shape index (κ3) is 6.21. The number of aliphatic hydroxyl groups excluding tert-OH is 1. The summed E-state index contributed by atoms with van der Waals surface area (Å²) in [5.74, 6) is 0.977. The van der Waals surface area contributed by atoms with E-state index in [0.717, 1.165) is 27.5 Å². The minimum atomic E-state index is -3.93. The lowest BCUT2D eigenvalue weighted by Crippen LogP contribution is -2.29. The molecule has 1 aliphatic carbocycles. The summed E-state index contributed by atoms with van der Waals surface area (Å²) in [6, 6.07) is 20.8. The Bertz CT molecular complexity index is 1780. The fourth-order valence-electron chi connectivity index (χ4n) is 5.48. The second-order valence-corrected chi connectivity index (χ2v) is 13.0. The first-order chi connectivity index (χ1) is 20.2. The molecular formula is C32H30Cl2N4O3S. The van der Waals surface area contributed by atoms with Gasteiger partial charge in [0, 0.05) is 28.9 Å². The second kappa shape index (κ2) is 11.9. The molecule has 1 aromatic heterocycles. The highest BCUT2D eigenvalue weighted by Gasteiger charge is 2.29. The first-order valence-corrected chi connectivity index (χ1v) is 16.1. The summed E-state index contributed by atoms with van der Waals surface area (Å²) >= 11 is 12.7. The zero-order valence-electron chi connectivity index (χ0n) is 22.7. The summed E-state index contributed by atoms with van der Waals surface area (Å²) in [7, 11) is -3.93. The molecule has 1 fully saturated rings. The van der Waals surface area contributed by atoms with Crippen LogP contribution in [0.1, 0.15) is 49.1 Å². The topological polar surface area (TPSA) is 87.5 Å². The molecule has 3 aromatic carbocycles. The van der Waals surface area contributed by atoms with Crippen molar-refractivity contribution >= 4 is 45.2 Å². The molecule has 1 aliphatic heterocycles. The maximum atomic E-state index is 12.5. The summed E-state index contributed by atoms with van der Waals surface area (Å²) in [6.07, 6.45) is 14.6. The van der Waals surface area contributed by atoms with Crippen molar-refractivity contribution in [3.63, 3.8) is 0 Å². The number of nitrogens with one attached hydrogen (secondary N) is 1. The third-order valence-electron chi connectivity index (χ3n) is 7.63. The van der Waals surface area contributed by atoms with Gasteiger partial charge in [0.15, 0.2) is 0 Å². The summed E-state index contributed by atoms with van der Waals surface area (Å²) in [5.41, 5.74) is 4.72. The Morgan fingerprint density at radius 1 is 0.976 bits per heavy atom. The molecule has 0 spiro atoms. The molecule has 0 atom stereocenters. The van der Waals surface area contributed by atoms with Crippen LogP contribution in [-0.2, 0) is 16.6 Å². The average Bonchev–Trinajstić information content (AvgIpc) is 3.51. The maximum Gasteiger partial charge on any atom is 0.330 e. The Morgan fingerprint density at radius 3 is 2.45 bits per heavy atom. The van der Waals surface area contributed by atoms with Crippen LogP contribution in [0.3, 0.4) is 0 Å². The van der Waals surface area contributed by atoms with Gasteiger partial charge in [0.2, 0.25) is 5.88 Å². The molecule has 2 heterocycles. The second-order valence-electron chi connectivity index (χ2n) is 10.6. The lowest BCUT2D eigenvalue weighted by atomic mass is 9.89. The van der Waals surface area contributed by atoms with Crippen molar-refractivity contribution in [3.05, 3.63) is 118 Å². The molecule has 0 unspecified atom stereocenters. The van der Waals surface area contributed by atoms with Crippen molar-refractivity contribution < 1.29 is 13.5 Å². The Morgan fingerprint density at radius 2 is 1.74 bits per heavy atom. The van der Waals surface area contributed by atoms with Crippen molar-refractivity contribution in [3.8, 4) is 16.9 Å². The minimum Gasteiger partial charge on any atom is -0.493 e. The number of anilines is 1. The van der Waals surface area contributed by atoms with Crippen LogP contribution >= 0.6 is 23.2 Å². The van der Waals surface area contributed by atoms with E-state index in [0.29, 0.717) is 39.5 Å². The van der Waals surface area contributed by atoms with Gasteiger partial charge in [0.05, 0.1) is 22.6 Å². The number of nitrogens with zero attached hydrogens (tertiary/aromatic N) is 3. The van der Waals surface area contributed by atoms with E-state index in [1.54, 1.807) is 30.3 Å². The van der Waals surface area contributed by atoms with Gasteiger partial charge in [-0.2, -0.15) is 8.42 Å².